The van der Waals surface area contributed by atoms with Crippen molar-refractivity contribution in [3.63, 3.8) is 0 Å². The first-order valence-electron chi connectivity index (χ1n) is 8.52. The third-order valence-corrected chi connectivity index (χ3v) is 4.41. The van der Waals surface area contributed by atoms with Crippen LogP contribution in [-0.4, -0.2) is 54.3 Å². The Morgan fingerprint density at radius 2 is 2.00 bits per heavy atom. The van der Waals surface area contributed by atoms with Gasteiger partial charge in [0.2, 0.25) is 0 Å². The van der Waals surface area contributed by atoms with Gasteiger partial charge in [0, 0.05) is 24.0 Å². The number of amides is 2. The number of carbonyl (C=O) groups excluding carboxylic acids is 1. The summed E-state index contributed by atoms with van der Waals surface area (Å²) in [6.07, 6.45) is 4.50. The highest BCUT2D eigenvalue weighted by atomic mass is 35.5. The molecule has 8 nitrogen and oxygen atoms in total. The number of halogens is 1. The minimum atomic E-state index is -0.241. The molecule has 0 bridgehead atoms. The quantitative estimate of drug-likeness (QED) is 0.840. The highest BCUT2D eigenvalue weighted by Crippen LogP contribution is 2.29. The number of nitrogens with zero attached hydrogens (tertiary/aromatic N) is 3. The van der Waals surface area contributed by atoms with Gasteiger partial charge in [0.05, 0.1) is 26.5 Å². The van der Waals surface area contributed by atoms with Crippen molar-refractivity contribution < 1.29 is 19.0 Å². The van der Waals surface area contributed by atoms with Gasteiger partial charge >= 0.3 is 6.03 Å². The number of rotatable bonds is 5. The molecule has 0 saturated carbocycles. The van der Waals surface area contributed by atoms with E-state index in [1.165, 1.54) is 26.6 Å². The molecule has 3 rings (SSSR count). The van der Waals surface area contributed by atoms with Crippen LogP contribution in [-0.2, 0) is 0 Å². The summed E-state index contributed by atoms with van der Waals surface area (Å²) in [6, 6.07) is 4.82. The molecule has 1 aromatic carbocycles. The number of likely N-dealkylation sites (tertiary alicyclic amines) is 1. The van der Waals surface area contributed by atoms with Gasteiger partial charge in [-0.1, -0.05) is 11.6 Å². The summed E-state index contributed by atoms with van der Waals surface area (Å²) in [5.41, 5.74) is 0.522. The number of hydrogen-bond donors (Lipinski definition) is 1. The summed E-state index contributed by atoms with van der Waals surface area (Å²) in [7, 11) is 3.05. The van der Waals surface area contributed by atoms with Crippen LogP contribution in [0.2, 0.25) is 5.02 Å². The van der Waals surface area contributed by atoms with Crippen molar-refractivity contribution in [1.82, 2.24) is 14.9 Å². The number of urea groups is 1. The summed E-state index contributed by atoms with van der Waals surface area (Å²) in [6.45, 7) is 1.06. The van der Waals surface area contributed by atoms with Crippen LogP contribution in [0.3, 0.4) is 0 Å². The van der Waals surface area contributed by atoms with Crippen molar-refractivity contribution in [3.05, 3.63) is 35.6 Å². The van der Waals surface area contributed by atoms with Gasteiger partial charge < -0.3 is 24.4 Å². The standard InChI is InChI=1S/C18H21ClN4O4/c1-25-15-6-5-12(19)10-14(15)22-18(24)23-9-3-4-13(11-23)27-17-16(26-2)20-7-8-21-17/h5-8,10,13H,3-4,9,11H2,1-2H3,(H,22,24). The van der Waals surface area contributed by atoms with E-state index in [1.807, 2.05) is 0 Å². The lowest BCUT2D eigenvalue weighted by Gasteiger charge is -2.32. The highest BCUT2D eigenvalue weighted by Gasteiger charge is 2.27. The molecule has 1 aromatic heterocycles. The number of carbonyl (C=O) groups is 1. The van der Waals surface area contributed by atoms with E-state index in [0.717, 1.165) is 12.8 Å². The molecule has 0 aliphatic carbocycles. The van der Waals surface area contributed by atoms with E-state index < -0.39 is 0 Å². The first-order chi connectivity index (χ1) is 13.1. The molecule has 1 atom stereocenters. The van der Waals surface area contributed by atoms with Gasteiger partial charge in [0.25, 0.3) is 11.8 Å². The van der Waals surface area contributed by atoms with E-state index in [2.05, 4.69) is 15.3 Å². The molecule has 1 N–H and O–H groups in total. The lowest BCUT2D eigenvalue weighted by Crippen LogP contribution is -2.46. The van der Waals surface area contributed by atoms with Gasteiger partial charge in [0.1, 0.15) is 11.9 Å². The Hall–Kier alpha value is -2.74. The predicted octanol–water partition coefficient (Wildman–Crippen LogP) is 3.22. The smallest absolute Gasteiger partial charge is 0.322 e. The summed E-state index contributed by atoms with van der Waals surface area (Å²) in [5.74, 6) is 1.19. The van der Waals surface area contributed by atoms with Crippen molar-refractivity contribution in [3.8, 4) is 17.5 Å². The molecular formula is C18H21ClN4O4. The van der Waals surface area contributed by atoms with Crippen LogP contribution in [0.25, 0.3) is 0 Å². The summed E-state index contributed by atoms with van der Waals surface area (Å²) < 4.78 is 16.3. The molecule has 2 aromatic rings. The molecule has 0 radical (unpaired) electrons. The van der Waals surface area contributed by atoms with Crippen molar-refractivity contribution in [1.29, 1.82) is 0 Å². The highest BCUT2D eigenvalue weighted by molar-refractivity contribution is 6.31. The van der Waals surface area contributed by atoms with Crippen molar-refractivity contribution in [2.45, 2.75) is 18.9 Å². The third-order valence-electron chi connectivity index (χ3n) is 4.17. The molecule has 27 heavy (non-hydrogen) atoms. The Labute approximate surface area is 162 Å². The van der Waals surface area contributed by atoms with Gasteiger partial charge in [-0.3, -0.25) is 0 Å². The fourth-order valence-corrected chi connectivity index (χ4v) is 3.05. The molecule has 2 heterocycles. The summed E-state index contributed by atoms with van der Waals surface area (Å²) in [4.78, 5) is 22.6. The number of hydrogen-bond acceptors (Lipinski definition) is 6. The Kier molecular flexibility index (Phi) is 6.18. The van der Waals surface area contributed by atoms with Crippen molar-refractivity contribution >= 4 is 23.3 Å². The number of methoxy groups -OCH3 is 2. The van der Waals surface area contributed by atoms with E-state index in [9.17, 15) is 4.79 Å². The monoisotopic (exact) mass is 392 g/mol. The van der Waals surface area contributed by atoms with Gasteiger partial charge in [-0.05, 0) is 31.0 Å². The lowest BCUT2D eigenvalue weighted by molar-refractivity contribution is 0.0988. The van der Waals surface area contributed by atoms with Crippen molar-refractivity contribution in [2.24, 2.45) is 0 Å². The molecule has 1 aliphatic heterocycles. The zero-order chi connectivity index (χ0) is 19.2. The first kappa shape index (κ1) is 19.0. The van der Waals surface area contributed by atoms with Crippen LogP contribution in [0.1, 0.15) is 12.8 Å². The maximum Gasteiger partial charge on any atom is 0.322 e. The molecular weight excluding hydrogens is 372 g/mol. The Balaban J connectivity index is 1.65. The molecule has 144 valence electrons. The van der Waals surface area contributed by atoms with Gasteiger partial charge in [-0.15, -0.1) is 0 Å². The zero-order valence-electron chi connectivity index (χ0n) is 15.1. The van der Waals surface area contributed by atoms with E-state index in [-0.39, 0.29) is 12.1 Å². The number of ether oxygens (including phenoxy) is 3. The second-order valence-corrected chi connectivity index (χ2v) is 6.41. The fraction of sp³-hybridized carbons (Fsp3) is 0.389. The summed E-state index contributed by atoms with van der Waals surface area (Å²) >= 11 is 6.02. The molecule has 1 saturated heterocycles. The second kappa shape index (κ2) is 8.77. The minimum absolute atomic E-state index is 0.198. The average molecular weight is 393 g/mol. The Morgan fingerprint density at radius 1 is 1.22 bits per heavy atom. The summed E-state index contributed by atoms with van der Waals surface area (Å²) in [5, 5.41) is 3.36. The van der Waals surface area contributed by atoms with E-state index >= 15 is 0 Å². The third kappa shape index (κ3) is 4.71. The normalized spacial score (nSPS) is 16.6. The van der Waals surface area contributed by atoms with Gasteiger partial charge in [-0.2, -0.15) is 0 Å². The number of anilines is 1. The van der Waals surface area contributed by atoms with Crippen LogP contribution in [0, 0.1) is 0 Å². The first-order valence-corrected chi connectivity index (χ1v) is 8.89. The van der Waals surface area contributed by atoms with Gasteiger partial charge in [-0.25, -0.2) is 14.8 Å². The Morgan fingerprint density at radius 3 is 2.74 bits per heavy atom. The van der Waals surface area contributed by atoms with Crippen LogP contribution >= 0.6 is 11.6 Å². The number of nitrogens with one attached hydrogen (secondary N) is 1. The molecule has 9 heteroatoms. The molecule has 2 amide bonds. The fourth-order valence-electron chi connectivity index (χ4n) is 2.88. The topological polar surface area (TPSA) is 85.8 Å². The van der Waals surface area contributed by atoms with E-state index in [0.29, 0.717) is 41.3 Å². The van der Waals surface area contributed by atoms with Crippen molar-refractivity contribution in [2.75, 3.05) is 32.6 Å². The van der Waals surface area contributed by atoms with Crippen LogP contribution < -0.4 is 19.5 Å². The van der Waals surface area contributed by atoms with Gasteiger partial charge in [0.15, 0.2) is 0 Å². The number of aromatic nitrogens is 2. The van der Waals surface area contributed by atoms with Crippen LogP contribution in [0.4, 0.5) is 10.5 Å². The molecule has 1 aliphatic rings. The SMILES string of the molecule is COc1ccc(Cl)cc1NC(=O)N1CCCC(Oc2nccnc2OC)C1. The minimum Gasteiger partial charge on any atom is -0.495 e. The Bertz CT molecular complexity index is 805. The molecule has 0 spiro atoms. The molecule has 1 unspecified atom stereocenters. The number of benzene rings is 1. The maximum atomic E-state index is 12.7. The average Bonchev–Trinajstić information content (AvgIpc) is 2.69. The lowest BCUT2D eigenvalue weighted by atomic mass is 10.1. The number of piperidine rings is 1. The maximum absolute atomic E-state index is 12.7. The molecule has 1 fully saturated rings. The predicted molar refractivity (Wildman–Crippen MR) is 101 cm³/mol. The van der Waals surface area contributed by atoms with E-state index in [4.69, 9.17) is 25.8 Å². The zero-order valence-corrected chi connectivity index (χ0v) is 15.9. The largest absolute Gasteiger partial charge is 0.495 e. The second-order valence-electron chi connectivity index (χ2n) is 5.97. The van der Waals surface area contributed by atoms with Crippen LogP contribution in [0.5, 0.6) is 17.5 Å². The van der Waals surface area contributed by atoms with E-state index in [1.54, 1.807) is 23.1 Å². The van der Waals surface area contributed by atoms with Crippen LogP contribution in [0.15, 0.2) is 30.6 Å².